The van der Waals surface area contributed by atoms with Crippen molar-refractivity contribution in [3.63, 3.8) is 0 Å². The van der Waals surface area contributed by atoms with Crippen molar-refractivity contribution in [2.75, 3.05) is 6.54 Å². The van der Waals surface area contributed by atoms with Gasteiger partial charge in [-0.3, -0.25) is 0 Å². The van der Waals surface area contributed by atoms with Crippen LogP contribution < -0.4 is 5.32 Å². The molecule has 0 aromatic heterocycles. The van der Waals surface area contributed by atoms with Crippen LogP contribution in [-0.4, -0.2) is 12.6 Å². The summed E-state index contributed by atoms with van der Waals surface area (Å²) in [5, 5.41) is 3.77. The minimum Gasteiger partial charge on any atom is -0.314 e. The maximum Gasteiger partial charge on any atom is 0.0106 e. The van der Waals surface area contributed by atoms with Crippen LogP contribution in [0.4, 0.5) is 0 Å². The molecule has 1 fully saturated rings. The largest absolute Gasteiger partial charge is 0.314 e. The monoisotopic (exact) mass is 287 g/mol. The first kappa shape index (κ1) is 16.5. The average Bonchev–Trinajstić information content (AvgIpc) is 2.37. The van der Waals surface area contributed by atoms with Gasteiger partial charge < -0.3 is 5.32 Å². The molecule has 0 heterocycles. The topological polar surface area (TPSA) is 12.0 Å². The van der Waals surface area contributed by atoms with E-state index in [2.05, 4.69) is 65.1 Å². The zero-order valence-electron chi connectivity index (χ0n) is 14.8. The van der Waals surface area contributed by atoms with Crippen molar-refractivity contribution < 1.29 is 0 Å². The third kappa shape index (κ3) is 3.69. The van der Waals surface area contributed by atoms with Gasteiger partial charge in [-0.2, -0.15) is 0 Å². The lowest BCUT2D eigenvalue weighted by Gasteiger charge is -2.45. The van der Waals surface area contributed by atoms with E-state index >= 15 is 0 Å². The van der Waals surface area contributed by atoms with Crippen molar-refractivity contribution in [3.8, 4) is 0 Å². The SMILES string of the molecule is CCNC1CC(C)CCC1C(C)(C)c1cc(C)cc(C)c1. The van der Waals surface area contributed by atoms with Gasteiger partial charge in [-0.1, -0.05) is 63.4 Å². The van der Waals surface area contributed by atoms with Crippen molar-refractivity contribution in [3.05, 3.63) is 34.9 Å². The van der Waals surface area contributed by atoms with Crippen LogP contribution in [0.3, 0.4) is 0 Å². The molecule has 1 aromatic carbocycles. The van der Waals surface area contributed by atoms with Gasteiger partial charge in [0.25, 0.3) is 0 Å². The number of hydrogen-bond acceptors (Lipinski definition) is 1. The van der Waals surface area contributed by atoms with Crippen LogP contribution in [0.2, 0.25) is 0 Å². The van der Waals surface area contributed by atoms with E-state index in [1.807, 2.05) is 0 Å². The Morgan fingerprint density at radius 1 is 1.10 bits per heavy atom. The van der Waals surface area contributed by atoms with E-state index in [9.17, 15) is 0 Å². The van der Waals surface area contributed by atoms with Crippen LogP contribution in [0, 0.1) is 25.7 Å². The van der Waals surface area contributed by atoms with Gasteiger partial charge in [0.2, 0.25) is 0 Å². The van der Waals surface area contributed by atoms with E-state index < -0.39 is 0 Å². The van der Waals surface area contributed by atoms with Crippen LogP contribution in [0.15, 0.2) is 18.2 Å². The maximum absolute atomic E-state index is 3.77. The highest BCUT2D eigenvalue weighted by Gasteiger charge is 2.39. The molecule has 1 saturated carbocycles. The molecule has 3 atom stereocenters. The summed E-state index contributed by atoms with van der Waals surface area (Å²) < 4.78 is 0. The summed E-state index contributed by atoms with van der Waals surface area (Å²) in [5.74, 6) is 1.59. The molecule has 0 radical (unpaired) electrons. The number of nitrogens with one attached hydrogen (secondary N) is 1. The third-order valence-corrected chi connectivity index (χ3v) is 5.47. The van der Waals surface area contributed by atoms with Gasteiger partial charge in [-0.15, -0.1) is 0 Å². The predicted octanol–water partition coefficient (Wildman–Crippen LogP) is 5.00. The zero-order chi connectivity index (χ0) is 15.6. The van der Waals surface area contributed by atoms with E-state index in [1.54, 1.807) is 0 Å². The first-order valence-electron chi connectivity index (χ1n) is 8.66. The highest BCUT2D eigenvalue weighted by atomic mass is 14.9. The molecule has 0 amide bonds. The average molecular weight is 287 g/mol. The van der Waals surface area contributed by atoms with Gasteiger partial charge in [0.15, 0.2) is 0 Å². The quantitative estimate of drug-likeness (QED) is 0.822. The predicted molar refractivity (Wildman–Crippen MR) is 92.9 cm³/mol. The molecule has 0 saturated heterocycles. The smallest absolute Gasteiger partial charge is 0.0106 e. The van der Waals surface area contributed by atoms with Crippen molar-refractivity contribution in [1.82, 2.24) is 5.32 Å². The molecular formula is C20H33N. The van der Waals surface area contributed by atoms with Gasteiger partial charge >= 0.3 is 0 Å². The Labute approximate surface area is 131 Å². The van der Waals surface area contributed by atoms with Crippen molar-refractivity contribution in [2.24, 2.45) is 11.8 Å². The Morgan fingerprint density at radius 3 is 2.29 bits per heavy atom. The van der Waals surface area contributed by atoms with Gasteiger partial charge in [0, 0.05) is 6.04 Å². The van der Waals surface area contributed by atoms with Crippen LogP contribution in [0.1, 0.15) is 63.6 Å². The second-order valence-corrected chi connectivity index (χ2v) is 7.79. The van der Waals surface area contributed by atoms with Crippen LogP contribution >= 0.6 is 0 Å². The second-order valence-electron chi connectivity index (χ2n) is 7.79. The molecule has 2 rings (SSSR count). The van der Waals surface area contributed by atoms with Gasteiger partial charge in [-0.25, -0.2) is 0 Å². The Hall–Kier alpha value is -0.820. The molecule has 1 nitrogen and oxygen atoms in total. The summed E-state index contributed by atoms with van der Waals surface area (Å²) in [4.78, 5) is 0. The summed E-state index contributed by atoms with van der Waals surface area (Å²) >= 11 is 0. The molecule has 1 aliphatic rings. The standard InChI is InChI=1S/C20H33N/c1-7-21-19-13-14(2)8-9-18(19)20(5,6)17-11-15(3)10-16(4)12-17/h10-12,14,18-19,21H,7-9,13H2,1-6H3. The van der Waals surface area contributed by atoms with Gasteiger partial charge in [-0.05, 0) is 56.0 Å². The first-order chi connectivity index (χ1) is 9.84. The fourth-order valence-electron chi connectivity index (χ4n) is 4.29. The molecule has 0 aliphatic heterocycles. The second kappa shape index (κ2) is 6.52. The summed E-state index contributed by atoms with van der Waals surface area (Å²) in [5.41, 5.74) is 4.54. The Balaban J connectivity index is 2.31. The highest BCUT2D eigenvalue weighted by molar-refractivity contribution is 5.34. The van der Waals surface area contributed by atoms with E-state index in [0.29, 0.717) is 6.04 Å². The molecule has 21 heavy (non-hydrogen) atoms. The summed E-state index contributed by atoms with van der Waals surface area (Å²) in [6, 6.07) is 7.74. The third-order valence-electron chi connectivity index (χ3n) is 5.47. The van der Waals surface area contributed by atoms with Gasteiger partial charge in [0.1, 0.15) is 0 Å². The molecule has 3 unspecified atom stereocenters. The molecule has 1 heteroatoms. The number of rotatable bonds is 4. The molecule has 1 N–H and O–H groups in total. The Morgan fingerprint density at radius 2 is 1.71 bits per heavy atom. The fraction of sp³-hybridized carbons (Fsp3) is 0.700. The number of benzene rings is 1. The van der Waals surface area contributed by atoms with Crippen LogP contribution in [0.25, 0.3) is 0 Å². The lowest BCUT2D eigenvalue weighted by molar-refractivity contribution is 0.147. The number of aryl methyl sites for hydroxylation is 2. The fourth-order valence-corrected chi connectivity index (χ4v) is 4.29. The molecule has 0 bridgehead atoms. The van der Waals surface area contributed by atoms with Crippen molar-refractivity contribution in [2.45, 2.75) is 72.3 Å². The van der Waals surface area contributed by atoms with Gasteiger partial charge in [0.05, 0.1) is 0 Å². The lowest BCUT2D eigenvalue weighted by Crippen LogP contribution is -2.48. The normalized spacial score (nSPS) is 26.9. The Bertz CT molecular complexity index is 454. The van der Waals surface area contributed by atoms with E-state index in [4.69, 9.17) is 0 Å². The van der Waals surface area contributed by atoms with E-state index in [1.165, 1.54) is 36.0 Å². The van der Waals surface area contributed by atoms with E-state index in [-0.39, 0.29) is 5.41 Å². The summed E-state index contributed by atoms with van der Waals surface area (Å²) in [6.07, 6.45) is 4.05. The van der Waals surface area contributed by atoms with Crippen LogP contribution in [0.5, 0.6) is 0 Å². The van der Waals surface area contributed by atoms with E-state index in [0.717, 1.165) is 18.4 Å². The zero-order valence-corrected chi connectivity index (χ0v) is 14.8. The maximum atomic E-state index is 3.77. The molecular weight excluding hydrogens is 254 g/mol. The minimum atomic E-state index is 0.240. The van der Waals surface area contributed by atoms with Crippen molar-refractivity contribution in [1.29, 1.82) is 0 Å². The first-order valence-corrected chi connectivity index (χ1v) is 8.66. The molecule has 1 aromatic rings. The van der Waals surface area contributed by atoms with Crippen LogP contribution in [-0.2, 0) is 5.41 Å². The molecule has 118 valence electrons. The number of hydrogen-bond donors (Lipinski definition) is 1. The molecule has 0 spiro atoms. The molecule has 1 aliphatic carbocycles. The summed E-state index contributed by atoms with van der Waals surface area (Å²) in [7, 11) is 0. The summed E-state index contributed by atoms with van der Waals surface area (Å²) in [6.45, 7) is 15.1. The highest BCUT2D eigenvalue weighted by Crippen LogP contribution is 2.42. The van der Waals surface area contributed by atoms with Crippen molar-refractivity contribution >= 4 is 0 Å². The minimum absolute atomic E-state index is 0.240. The Kier molecular flexibility index (Phi) is 5.14. The lowest BCUT2D eigenvalue weighted by atomic mass is 9.63.